The van der Waals surface area contributed by atoms with E-state index in [0.29, 0.717) is 19.3 Å². The molecule has 0 aliphatic carbocycles. The molecule has 0 aromatic heterocycles. The van der Waals surface area contributed by atoms with Gasteiger partial charge in [0.25, 0.3) is 0 Å². The van der Waals surface area contributed by atoms with Crippen molar-refractivity contribution in [1.29, 1.82) is 0 Å². The maximum atomic E-state index is 13.0. The minimum absolute atomic E-state index is 0.0626. The van der Waals surface area contributed by atoms with Gasteiger partial charge < -0.3 is 14.2 Å². The summed E-state index contributed by atoms with van der Waals surface area (Å²) in [6.45, 7) is 6.74. The van der Waals surface area contributed by atoms with Gasteiger partial charge in [-0.1, -0.05) is 360 Å². The van der Waals surface area contributed by atoms with Crippen LogP contribution in [0.3, 0.4) is 0 Å². The van der Waals surface area contributed by atoms with Gasteiger partial charge >= 0.3 is 17.9 Å². The first-order chi connectivity index (χ1) is 38.5. The summed E-state index contributed by atoms with van der Waals surface area (Å²) in [5.74, 6) is -0.825. The Morgan fingerprint density at radius 2 is 0.423 bits per heavy atom. The van der Waals surface area contributed by atoms with Crippen LogP contribution in [0.4, 0.5) is 0 Å². The molecule has 0 spiro atoms. The molecule has 1 unspecified atom stereocenters. The standard InChI is InChI=1S/C72H138O6/c1-4-7-10-13-16-19-22-25-28-31-34-35-36-37-39-41-44-47-50-53-56-59-62-65-71(74)77-68-69(67-76-70(73)64-61-58-55-52-49-46-43-40-33-30-27-24-21-18-15-12-9-6-3)78-72(75)66-63-60-57-54-51-48-45-42-38-32-29-26-23-20-17-14-11-8-5-2/h31,34,69H,4-30,32-33,35-68H2,1-3H3/b34-31-. The molecule has 0 aliphatic heterocycles. The fraction of sp³-hybridized carbons (Fsp3) is 0.931. The van der Waals surface area contributed by atoms with Gasteiger partial charge in [0, 0.05) is 19.3 Å². The van der Waals surface area contributed by atoms with E-state index in [1.807, 2.05) is 0 Å². The molecule has 0 bridgehead atoms. The van der Waals surface area contributed by atoms with Crippen LogP contribution in [0.1, 0.15) is 412 Å². The van der Waals surface area contributed by atoms with Crippen molar-refractivity contribution in [2.75, 3.05) is 13.2 Å². The van der Waals surface area contributed by atoms with E-state index in [1.165, 1.54) is 315 Å². The number of allylic oxidation sites excluding steroid dienone is 2. The van der Waals surface area contributed by atoms with Crippen LogP contribution in [0.5, 0.6) is 0 Å². The van der Waals surface area contributed by atoms with Gasteiger partial charge in [-0.3, -0.25) is 14.4 Å². The molecule has 0 rings (SSSR count). The van der Waals surface area contributed by atoms with Gasteiger partial charge in [-0.25, -0.2) is 0 Å². The first-order valence-corrected chi connectivity index (χ1v) is 35.7. The molecule has 0 aliphatic rings. The summed E-state index contributed by atoms with van der Waals surface area (Å²) >= 11 is 0. The molecule has 6 nitrogen and oxygen atoms in total. The number of ether oxygens (including phenoxy) is 3. The third-order valence-electron chi connectivity index (χ3n) is 16.5. The molecule has 0 saturated heterocycles. The number of hydrogen-bond acceptors (Lipinski definition) is 6. The summed E-state index contributed by atoms with van der Waals surface area (Å²) in [5.41, 5.74) is 0. The lowest BCUT2D eigenvalue weighted by atomic mass is 10.0. The topological polar surface area (TPSA) is 78.9 Å². The highest BCUT2D eigenvalue weighted by atomic mass is 16.6. The van der Waals surface area contributed by atoms with Crippen molar-refractivity contribution in [2.45, 2.75) is 419 Å². The second-order valence-corrected chi connectivity index (χ2v) is 24.5. The molecule has 6 heteroatoms. The van der Waals surface area contributed by atoms with Crippen LogP contribution in [0.15, 0.2) is 12.2 Å². The van der Waals surface area contributed by atoms with Crippen molar-refractivity contribution in [3.8, 4) is 0 Å². The maximum Gasteiger partial charge on any atom is 0.306 e. The predicted octanol–water partition coefficient (Wildman–Crippen LogP) is 24.4. The first kappa shape index (κ1) is 76.1. The third kappa shape index (κ3) is 65.0. The third-order valence-corrected chi connectivity index (χ3v) is 16.5. The van der Waals surface area contributed by atoms with Crippen LogP contribution in [0.2, 0.25) is 0 Å². The van der Waals surface area contributed by atoms with Crippen molar-refractivity contribution in [2.24, 2.45) is 0 Å². The van der Waals surface area contributed by atoms with Gasteiger partial charge in [-0.05, 0) is 44.9 Å². The van der Waals surface area contributed by atoms with E-state index in [4.69, 9.17) is 14.2 Å². The Hall–Kier alpha value is -1.85. The lowest BCUT2D eigenvalue weighted by Crippen LogP contribution is -2.30. The Morgan fingerprint density at radius 3 is 0.641 bits per heavy atom. The number of hydrogen-bond donors (Lipinski definition) is 0. The molecule has 0 amide bonds. The summed E-state index contributed by atoms with van der Waals surface area (Å²) in [4.78, 5) is 38.5. The van der Waals surface area contributed by atoms with E-state index < -0.39 is 6.10 Å². The Bertz CT molecular complexity index is 1210. The lowest BCUT2D eigenvalue weighted by molar-refractivity contribution is -0.167. The highest BCUT2D eigenvalue weighted by Gasteiger charge is 2.19. The molecule has 0 aromatic carbocycles. The molecule has 0 radical (unpaired) electrons. The van der Waals surface area contributed by atoms with Crippen LogP contribution in [-0.2, 0) is 28.6 Å². The van der Waals surface area contributed by atoms with Crippen molar-refractivity contribution >= 4 is 17.9 Å². The Kier molecular flexibility index (Phi) is 66.0. The van der Waals surface area contributed by atoms with Gasteiger partial charge in [0.1, 0.15) is 13.2 Å². The van der Waals surface area contributed by atoms with Crippen molar-refractivity contribution in [3.05, 3.63) is 12.2 Å². The van der Waals surface area contributed by atoms with Gasteiger partial charge in [-0.2, -0.15) is 0 Å². The molecule has 78 heavy (non-hydrogen) atoms. The Morgan fingerprint density at radius 1 is 0.244 bits per heavy atom. The molecule has 1 atom stereocenters. The summed E-state index contributed by atoms with van der Waals surface area (Å²) in [5, 5.41) is 0. The molecule has 0 saturated carbocycles. The van der Waals surface area contributed by atoms with E-state index in [-0.39, 0.29) is 31.1 Å². The molecular weight excluding hydrogens is 961 g/mol. The molecule has 0 fully saturated rings. The normalized spacial score (nSPS) is 12.0. The minimum Gasteiger partial charge on any atom is -0.462 e. The van der Waals surface area contributed by atoms with Crippen molar-refractivity contribution in [3.63, 3.8) is 0 Å². The van der Waals surface area contributed by atoms with E-state index in [9.17, 15) is 14.4 Å². The zero-order valence-corrected chi connectivity index (χ0v) is 53.2. The zero-order valence-electron chi connectivity index (χ0n) is 53.2. The Balaban J connectivity index is 4.27. The largest absolute Gasteiger partial charge is 0.462 e. The summed E-state index contributed by atoms with van der Waals surface area (Å²) in [6.07, 6.45) is 80.9. The summed E-state index contributed by atoms with van der Waals surface area (Å²) < 4.78 is 17.0. The maximum absolute atomic E-state index is 13.0. The number of carbonyl (C=O) groups excluding carboxylic acids is 3. The second-order valence-electron chi connectivity index (χ2n) is 24.5. The summed E-state index contributed by atoms with van der Waals surface area (Å²) in [6, 6.07) is 0. The summed E-state index contributed by atoms with van der Waals surface area (Å²) in [7, 11) is 0. The van der Waals surface area contributed by atoms with E-state index in [2.05, 4.69) is 32.9 Å². The van der Waals surface area contributed by atoms with Gasteiger partial charge in [-0.15, -0.1) is 0 Å². The lowest BCUT2D eigenvalue weighted by Gasteiger charge is -2.18. The zero-order chi connectivity index (χ0) is 56.4. The van der Waals surface area contributed by atoms with Gasteiger partial charge in [0.2, 0.25) is 0 Å². The van der Waals surface area contributed by atoms with Crippen molar-refractivity contribution in [1.82, 2.24) is 0 Å². The SMILES string of the molecule is CCCCCCCCCC/C=C\CCCCCCCCCCCCCC(=O)OCC(COC(=O)CCCCCCCCCCCCCCCCCCCC)OC(=O)CCCCCCCCCCCCCCCCCCCCC. The first-order valence-electron chi connectivity index (χ1n) is 35.7. The van der Waals surface area contributed by atoms with Crippen LogP contribution in [0, 0.1) is 0 Å². The number of carbonyl (C=O) groups is 3. The molecule has 0 aromatic rings. The highest BCUT2D eigenvalue weighted by molar-refractivity contribution is 5.71. The van der Waals surface area contributed by atoms with Crippen LogP contribution >= 0.6 is 0 Å². The van der Waals surface area contributed by atoms with E-state index in [1.54, 1.807) is 0 Å². The molecule has 0 N–H and O–H groups in total. The molecular formula is C72H138O6. The highest BCUT2D eigenvalue weighted by Crippen LogP contribution is 2.19. The minimum atomic E-state index is -0.766. The van der Waals surface area contributed by atoms with Crippen LogP contribution in [-0.4, -0.2) is 37.2 Å². The van der Waals surface area contributed by atoms with E-state index >= 15 is 0 Å². The quantitative estimate of drug-likeness (QED) is 0.0261. The fourth-order valence-corrected chi connectivity index (χ4v) is 11.2. The van der Waals surface area contributed by atoms with Gasteiger partial charge in [0.05, 0.1) is 0 Å². The van der Waals surface area contributed by atoms with Crippen LogP contribution in [0.25, 0.3) is 0 Å². The number of rotatable bonds is 67. The smallest absolute Gasteiger partial charge is 0.306 e. The van der Waals surface area contributed by atoms with Gasteiger partial charge in [0.15, 0.2) is 6.10 Å². The molecule has 462 valence electrons. The van der Waals surface area contributed by atoms with E-state index in [0.717, 1.165) is 57.8 Å². The van der Waals surface area contributed by atoms with Crippen LogP contribution < -0.4 is 0 Å². The average molecular weight is 1100 g/mol. The monoisotopic (exact) mass is 1100 g/mol. The Labute approximate surface area is 488 Å². The number of unbranched alkanes of at least 4 members (excludes halogenated alkanes) is 54. The molecule has 0 heterocycles. The fourth-order valence-electron chi connectivity index (χ4n) is 11.2. The second kappa shape index (κ2) is 67.7. The van der Waals surface area contributed by atoms with Crippen molar-refractivity contribution < 1.29 is 28.6 Å². The average Bonchev–Trinajstić information content (AvgIpc) is 3.44. The number of esters is 3. The predicted molar refractivity (Wildman–Crippen MR) is 340 cm³/mol.